The highest BCUT2D eigenvalue weighted by Gasteiger charge is 2.20. The van der Waals surface area contributed by atoms with Gasteiger partial charge in [0.05, 0.1) is 0 Å². The van der Waals surface area contributed by atoms with Crippen molar-refractivity contribution in [2.75, 3.05) is 5.32 Å². The highest BCUT2D eigenvalue weighted by atomic mass is 15.1. The third kappa shape index (κ3) is 2.94. The van der Waals surface area contributed by atoms with Gasteiger partial charge < -0.3 is 5.32 Å². The van der Waals surface area contributed by atoms with Gasteiger partial charge in [0.2, 0.25) is 5.95 Å². The van der Waals surface area contributed by atoms with E-state index in [2.05, 4.69) is 22.2 Å². The molecule has 1 heterocycles. The van der Waals surface area contributed by atoms with Crippen LogP contribution in [0.4, 0.5) is 5.95 Å². The van der Waals surface area contributed by atoms with Gasteiger partial charge in [-0.05, 0) is 31.7 Å². The van der Waals surface area contributed by atoms with E-state index >= 15 is 0 Å². The summed E-state index contributed by atoms with van der Waals surface area (Å²) in [5, 5.41) is 3.49. The predicted octanol–water partition coefficient (Wildman–Crippen LogP) is 3.17. The molecule has 0 spiro atoms. The SMILES string of the molecule is Cc1ccnc(NC2CCCCCC2C)n1. The summed E-state index contributed by atoms with van der Waals surface area (Å²) in [4.78, 5) is 8.69. The Kier molecular flexibility index (Phi) is 3.75. The van der Waals surface area contributed by atoms with E-state index in [0.717, 1.165) is 17.6 Å². The molecule has 1 N–H and O–H groups in total. The van der Waals surface area contributed by atoms with E-state index in [1.807, 2.05) is 19.2 Å². The molecule has 0 radical (unpaired) electrons. The number of anilines is 1. The zero-order chi connectivity index (χ0) is 11.4. The van der Waals surface area contributed by atoms with Crippen LogP contribution < -0.4 is 5.32 Å². The fraction of sp³-hybridized carbons (Fsp3) is 0.692. The van der Waals surface area contributed by atoms with E-state index in [1.165, 1.54) is 32.1 Å². The number of nitrogens with one attached hydrogen (secondary N) is 1. The molecule has 0 bridgehead atoms. The summed E-state index contributed by atoms with van der Waals surface area (Å²) < 4.78 is 0. The molecular weight excluding hydrogens is 198 g/mol. The number of hydrogen-bond donors (Lipinski definition) is 1. The van der Waals surface area contributed by atoms with Gasteiger partial charge in [0.25, 0.3) is 0 Å². The number of aryl methyl sites for hydroxylation is 1. The standard InChI is InChI=1S/C13H21N3/c1-10-6-4-3-5-7-12(10)16-13-14-9-8-11(2)15-13/h8-10,12H,3-7H2,1-2H3,(H,14,15,16). The van der Waals surface area contributed by atoms with Gasteiger partial charge in [0.1, 0.15) is 0 Å². The first kappa shape index (κ1) is 11.4. The van der Waals surface area contributed by atoms with Crippen molar-refractivity contribution in [2.45, 2.75) is 52.0 Å². The Morgan fingerprint density at radius 1 is 1.25 bits per heavy atom. The second-order valence-corrected chi connectivity index (χ2v) is 4.89. The summed E-state index contributed by atoms with van der Waals surface area (Å²) in [5.41, 5.74) is 1.03. The van der Waals surface area contributed by atoms with E-state index in [1.54, 1.807) is 0 Å². The Hall–Kier alpha value is -1.12. The maximum absolute atomic E-state index is 4.41. The van der Waals surface area contributed by atoms with E-state index in [9.17, 15) is 0 Å². The smallest absolute Gasteiger partial charge is 0.223 e. The molecule has 1 aromatic heterocycles. The summed E-state index contributed by atoms with van der Waals surface area (Å²) in [5.74, 6) is 1.52. The first-order valence-corrected chi connectivity index (χ1v) is 6.32. The molecule has 1 aromatic rings. The van der Waals surface area contributed by atoms with Gasteiger partial charge in [-0.25, -0.2) is 9.97 Å². The fourth-order valence-corrected chi connectivity index (χ4v) is 2.39. The second kappa shape index (κ2) is 5.28. The molecule has 0 aromatic carbocycles. The Bertz CT molecular complexity index is 338. The third-order valence-corrected chi connectivity index (χ3v) is 3.47. The van der Waals surface area contributed by atoms with E-state index in [4.69, 9.17) is 0 Å². The van der Waals surface area contributed by atoms with Crippen molar-refractivity contribution in [2.24, 2.45) is 5.92 Å². The molecule has 1 aliphatic rings. The minimum Gasteiger partial charge on any atom is -0.351 e. The number of rotatable bonds is 2. The summed E-state index contributed by atoms with van der Waals surface area (Å²) in [7, 11) is 0. The average Bonchev–Trinajstić information content (AvgIpc) is 2.45. The van der Waals surface area contributed by atoms with Crippen LogP contribution in [0.2, 0.25) is 0 Å². The zero-order valence-electron chi connectivity index (χ0n) is 10.2. The van der Waals surface area contributed by atoms with E-state index < -0.39 is 0 Å². The van der Waals surface area contributed by atoms with Gasteiger partial charge in [0, 0.05) is 17.9 Å². The largest absolute Gasteiger partial charge is 0.351 e. The quantitative estimate of drug-likeness (QED) is 0.776. The first-order chi connectivity index (χ1) is 7.75. The highest BCUT2D eigenvalue weighted by Crippen LogP contribution is 2.24. The van der Waals surface area contributed by atoms with Crippen molar-refractivity contribution in [3.8, 4) is 0 Å². The van der Waals surface area contributed by atoms with E-state index in [0.29, 0.717) is 6.04 Å². The summed E-state index contributed by atoms with van der Waals surface area (Å²) in [6.45, 7) is 4.34. The number of aromatic nitrogens is 2. The second-order valence-electron chi connectivity index (χ2n) is 4.89. The topological polar surface area (TPSA) is 37.8 Å². The molecule has 88 valence electrons. The average molecular weight is 219 g/mol. The molecule has 1 fully saturated rings. The van der Waals surface area contributed by atoms with Crippen LogP contribution in [0.15, 0.2) is 12.3 Å². The lowest BCUT2D eigenvalue weighted by atomic mass is 9.97. The van der Waals surface area contributed by atoms with Gasteiger partial charge in [-0.1, -0.05) is 26.2 Å². The zero-order valence-corrected chi connectivity index (χ0v) is 10.2. The predicted molar refractivity (Wildman–Crippen MR) is 66.4 cm³/mol. The molecule has 0 saturated heterocycles. The van der Waals surface area contributed by atoms with Crippen molar-refractivity contribution >= 4 is 5.95 Å². The van der Waals surface area contributed by atoms with Gasteiger partial charge in [-0.15, -0.1) is 0 Å². The molecule has 1 saturated carbocycles. The molecule has 2 unspecified atom stereocenters. The third-order valence-electron chi connectivity index (χ3n) is 3.47. The van der Waals surface area contributed by atoms with Crippen molar-refractivity contribution in [1.82, 2.24) is 9.97 Å². The van der Waals surface area contributed by atoms with Crippen LogP contribution in [-0.2, 0) is 0 Å². The number of hydrogen-bond acceptors (Lipinski definition) is 3. The number of nitrogens with zero attached hydrogens (tertiary/aromatic N) is 2. The van der Waals surface area contributed by atoms with Crippen LogP contribution in [0, 0.1) is 12.8 Å². The van der Waals surface area contributed by atoms with Crippen LogP contribution in [0.1, 0.15) is 44.7 Å². The Labute approximate surface area is 97.7 Å². The lowest BCUT2D eigenvalue weighted by Gasteiger charge is -2.22. The van der Waals surface area contributed by atoms with Crippen LogP contribution in [-0.4, -0.2) is 16.0 Å². The summed E-state index contributed by atoms with van der Waals surface area (Å²) >= 11 is 0. The highest BCUT2D eigenvalue weighted by molar-refractivity contribution is 5.26. The fourth-order valence-electron chi connectivity index (χ4n) is 2.39. The van der Waals surface area contributed by atoms with Crippen LogP contribution in [0.25, 0.3) is 0 Å². The molecule has 2 rings (SSSR count). The molecule has 3 nitrogen and oxygen atoms in total. The lowest BCUT2D eigenvalue weighted by Crippen LogP contribution is -2.27. The molecule has 16 heavy (non-hydrogen) atoms. The molecule has 1 aliphatic carbocycles. The van der Waals surface area contributed by atoms with Crippen LogP contribution in [0.3, 0.4) is 0 Å². The maximum atomic E-state index is 4.41. The first-order valence-electron chi connectivity index (χ1n) is 6.32. The molecule has 3 heteroatoms. The minimum atomic E-state index is 0.546. The Balaban J connectivity index is 2.02. The van der Waals surface area contributed by atoms with Gasteiger partial charge in [-0.3, -0.25) is 0 Å². The van der Waals surface area contributed by atoms with Crippen LogP contribution in [0.5, 0.6) is 0 Å². The molecule has 0 aliphatic heterocycles. The van der Waals surface area contributed by atoms with Crippen LogP contribution >= 0.6 is 0 Å². The minimum absolute atomic E-state index is 0.546. The van der Waals surface area contributed by atoms with Crippen molar-refractivity contribution in [3.63, 3.8) is 0 Å². The van der Waals surface area contributed by atoms with Crippen molar-refractivity contribution in [3.05, 3.63) is 18.0 Å². The van der Waals surface area contributed by atoms with Crippen molar-refractivity contribution in [1.29, 1.82) is 0 Å². The van der Waals surface area contributed by atoms with Gasteiger partial charge in [-0.2, -0.15) is 0 Å². The van der Waals surface area contributed by atoms with Gasteiger partial charge >= 0.3 is 0 Å². The monoisotopic (exact) mass is 219 g/mol. The van der Waals surface area contributed by atoms with Crippen molar-refractivity contribution < 1.29 is 0 Å². The normalized spacial score (nSPS) is 26.1. The maximum Gasteiger partial charge on any atom is 0.223 e. The lowest BCUT2D eigenvalue weighted by molar-refractivity contribution is 0.454. The van der Waals surface area contributed by atoms with Gasteiger partial charge in [0.15, 0.2) is 0 Å². The molecular formula is C13H21N3. The summed E-state index contributed by atoms with van der Waals surface area (Å²) in [6.07, 6.45) is 8.47. The summed E-state index contributed by atoms with van der Waals surface area (Å²) in [6, 6.07) is 2.48. The van der Waals surface area contributed by atoms with E-state index in [-0.39, 0.29) is 0 Å². The Morgan fingerprint density at radius 3 is 2.88 bits per heavy atom. The Morgan fingerprint density at radius 2 is 2.06 bits per heavy atom. The molecule has 0 amide bonds. The molecule has 2 atom stereocenters.